The number of rotatable bonds is 13. The van der Waals surface area contributed by atoms with E-state index in [1.54, 1.807) is 36.3 Å². The number of nitrogens with one attached hydrogen (secondary N) is 1. The first kappa shape index (κ1) is 25.5. The molecule has 2 aromatic rings. The van der Waals surface area contributed by atoms with Gasteiger partial charge in [-0.2, -0.15) is 0 Å². The number of ether oxygens (including phenoxy) is 2. The molecule has 6 nitrogen and oxygen atoms in total. The zero-order valence-corrected chi connectivity index (χ0v) is 19.9. The van der Waals surface area contributed by atoms with Crippen molar-refractivity contribution >= 4 is 23.4 Å². The molecule has 0 fully saturated rings. The quantitative estimate of drug-likeness (QED) is 0.434. The van der Waals surface area contributed by atoms with Crippen LogP contribution in [0.3, 0.4) is 0 Å². The molecule has 2 aromatic carbocycles. The van der Waals surface area contributed by atoms with Gasteiger partial charge < -0.3 is 19.7 Å². The lowest BCUT2D eigenvalue weighted by molar-refractivity contribution is -0.141. The number of benzene rings is 2. The number of halogens is 1. The molecule has 0 aliphatic carbocycles. The van der Waals surface area contributed by atoms with Crippen LogP contribution in [0.15, 0.2) is 48.5 Å². The Morgan fingerprint density at radius 2 is 1.84 bits per heavy atom. The van der Waals surface area contributed by atoms with E-state index >= 15 is 0 Å². The molecule has 0 heterocycles. The second kappa shape index (κ2) is 13.6. The van der Waals surface area contributed by atoms with E-state index in [9.17, 15) is 9.59 Å². The van der Waals surface area contributed by atoms with Gasteiger partial charge in [-0.15, -0.1) is 0 Å². The molecule has 0 aliphatic rings. The smallest absolute Gasteiger partial charge is 0.242 e. The van der Waals surface area contributed by atoms with Crippen LogP contribution in [-0.4, -0.2) is 43.0 Å². The van der Waals surface area contributed by atoms with E-state index in [2.05, 4.69) is 5.32 Å². The topological polar surface area (TPSA) is 67.9 Å². The Balaban J connectivity index is 2.06. The van der Waals surface area contributed by atoms with Crippen LogP contribution in [0.25, 0.3) is 0 Å². The first-order valence-corrected chi connectivity index (χ1v) is 11.4. The average molecular weight is 461 g/mol. The molecule has 0 radical (unpaired) electrons. The molecule has 32 heavy (non-hydrogen) atoms. The molecule has 0 saturated carbocycles. The summed E-state index contributed by atoms with van der Waals surface area (Å²) >= 11 is 5.89. The van der Waals surface area contributed by atoms with Crippen LogP contribution in [0, 0.1) is 0 Å². The Morgan fingerprint density at radius 1 is 1.09 bits per heavy atom. The van der Waals surface area contributed by atoms with Crippen molar-refractivity contribution in [1.29, 1.82) is 0 Å². The van der Waals surface area contributed by atoms with Gasteiger partial charge in [0, 0.05) is 24.5 Å². The summed E-state index contributed by atoms with van der Waals surface area (Å²) in [4.78, 5) is 27.6. The second-order valence-electron chi connectivity index (χ2n) is 7.49. The molecule has 0 bridgehead atoms. The molecule has 174 valence electrons. The number of nitrogens with zero attached hydrogens (tertiary/aromatic N) is 1. The molecular formula is C25H33ClN2O4. The van der Waals surface area contributed by atoms with Crippen molar-refractivity contribution in [2.75, 3.05) is 20.3 Å². The Bertz CT molecular complexity index is 857. The molecule has 7 heteroatoms. The second-order valence-corrected chi connectivity index (χ2v) is 7.93. The Labute approximate surface area is 195 Å². The average Bonchev–Trinajstić information content (AvgIpc) is 2.81. The lowest BCUT2D eigenvalue weighted by Gasteiger charge is -2.31. The van der Waals surface area contributed by atoms with Crippen LogP contribution >= 0.6 is 11.6 Å². The summed E-state index contributed by atoms with van der Waals surface area (Å²) in [5, 5.41) is 3.57. The van der Waals surface area contributed by atoms with Gasteiger partial charge in [0.05, 0.1) is 13.7 Å². The summed E-state index contributed by atoms with van der Waals surface area (Å²) < 4.78 is 11.0. The number of carbonyl (C=O) groups excluding carboxylic acids is 2. The molecule has 0 aromatic heterocycles. The highest BCUT2D eigenvalue weighted by molar-refractivity contribution is 6.30. The number of methoxy groups -OCH3 is 1. The maximum Gasteiger partial charge on any atom is 0.242 e. The number of carbonyl (C=O) groups is 2. The van der Waals surface area contributed by atoms with Gasteiger partial charge in [0.2, 0.25) is 11.8 Å². The molecule has 1 N–H and O–H groups in total. The van der Waals surface area contributed by atoms with Gasteiger partial charge in [0.15, 0.2) is 0 Å². The molecule has 0 saturated heterocycles. The van der Waals surface area contributed by atoms with E-state index in [0.29, 0.717) is 43.3 Å². The molecular weight excluding hydrogens is 428 g/mol. The summed E-state index contributed by atoms with van der Waals surface area (Å²) in [5.74, 6) is 1.23. The van der Waals surface area contributed by atoms with Crippen LogP contribution in [0.5, 0.6) is 11.5 Å². The first-order valence-electron chi connectivity index (χ1n) is 11.1. The Hall–Kier alpha value is -2.73. The predicted octanol–water partition coefficient (Wildman–Crippen LogP) is 4.84. The van der Waals surface area contributed by atoms with Gasteiger partial charge in [-0.1, -0.05) is 37.6 Å². The fourth-order valence-corrected chi connectivity index (χ4v) is 3.47. The summed E-state index contributed by atoms with van der Waals surface area (Å²) in [6.45, 7) is 5.25. The van der Waals surface area contributed by atoms with Crippen LogP contribution in [0.4, 0.5) is 0 Å². The van der Waals surface area contributed by atoms with Gasteiger partial charge in [-0.3, -0.25) is 9.59 Å². The summed E-state index contributed by atoms with van der Waals surface area (Å²) in [6.07, 6.45) is 2.21. The molecule has 0 unspecified atom stereocenters. The van der Waals surface area contributed by atoms with E-state index in [-0.39, 0.29) is 18.2 Å². The van der Waals surface area contributed by atoms with E-state index in [4.69, 9.17) is 21.1 Å². The molecule has 2 rings (SSSR count). The number of amides is 2. The highest BCUT2D eigenvalue weighted by Crippen LogP contribution is 2.19. The largest absolute Gasteiger partial charge is 0.497 e. The van der Waals surface area contributed by atoms with Crippen LogP contribution in [0.1, 0.15) is 45.1 Å². The van der Waals surface area contributed by atoms with Gasteiger partial charge >= 0.3 is 0 Å². The number of hydrogen-bond donors (Lipinski definition) is 1. The fraction of sp³-hybridized carbons (Fsp3) is 0.440. The standard InChI is InChI=1S/C25H33ClN2O4/c1-4-15-27-25(30)23(5-2)28(18-19-8-6-9-22(17-19)31-3)24(29)10-7-16-32-21-13-11-20(26)12-14-21/h6,8-9,11-14,17,23H,4-5,7,10,15-16,18H2,1-3H3,(H,27,30)/t23-/m0/s1. The maximum absolute atomic E-state index is 13.2. The van der Waals surface area contributed by atoms with Crippen molar-refractivity contribution in [2.45, 2.75) is 52.1 Å². The van der Waals surface area contributed by atoms with Crippen molar-refractivity contribution in [3.63, 3.8) is 0 Å². The minimum absolute atomic E-state index is 0.0778. The first-order chi connectivity index (χ1) is 15.5. The highest BCUT2D eigenvalue weighted by Gasteiger charge is 2.28. The van der Waals surface area contributed by atoms with E-state index in [0.717, 1.165) is 17.7 Å². The zero-order chi connectivity index (χ0) is 23.3. The van der Waals surface area contributed by atoms with Crippen molar-refractivity contribution in [2.24, 2.45) is 0 Å². The van der Waals surface area contributed by atoms with Gasteiger partial charge in [-0.25, -0.2) is 0 Å². The van der Waals surface area contributed by atoms with E-state index in [1.807, 2.05) is 38.1 Å². The summed E-state index contributed by atoms with van der Waals surface area (Å²) in [6, 6.07) is 14.2. The third-order valence-electron chi connectivity index (χ3n) is 5.04. The van der Waals surface area contributed by atoms with Crippen LogP contribution in [-0.2, 0) is 16.1 Å². The lowest BCUT2D eigenvalue weighted by Crippen LogP contribution is -2.49. The van der Waals surface area contributed by atoms with E-state index in [1.165, 1.54) is 0 Å². The van der Waals surface area contributed by atoms with Gasteiger partial charge in [0.25, 0.3) is 0 Å². The van der Waals surface area contributed by atoms with Gasteiger partial charge in [-0.05, 0) is 61.2 Å². The maximum atomic E-state index is 13.2. The van der Waals surface area contributed by atoms with Crippen molar-refractivity contribution in [3.8, 4) is 11.5 Å². The minimum atomic E-state index is -0.530. The SMILES string of the molecule is CCCNC(=O)[C@H](CC)N(Cc1cccc(OC)c1)C(=O)CCCOc1ccc(Cl)cc1. The Morgan fingerprint density at radius 3 is 2.50 bits per heavy atom. The molecule has 1 atom stereocenters. The number of hydrogen-bond acceptors (Lipinski definition) is 4. The normalized spacial score (nSPS) is 11.5. The molecule has 0 spiro atoms. The third kappa shape index (κ3) is 8.08. The highest BCUT2D eigenvalue weighted by atomic mass is 35.5. The van der Waals surface area contributed by atoms with E-state index < -0.39 is 6.04 Å². The lowest BCUT2D eigenvalue weighted by atomic mass is 10.1. The van der Waals surface area contributed by atoms with Crippen molar-refractivity contribution < 1.29 is 19.1 Å². The summed E-state index contributed by atoms with van der Waals surface area (Å²) in [7, 11) is 1.61. The predicted molar refractivity (Wildman–Crippen MR) is 127 cm³/mol. The Kier molecular flexibility index (Phi) is 10.9. The summed E-state index contributed by atoms with van der Waals surface area (Å²) in [5.41, 5.74) is 0.914. The molecule has 2 amide bonds. The van der Waals surface area contributed by atoms with Crippen molar-refractivity contribution in [3.05, 3.63) is 59.1 Å². The monoisotopic (exact) mass is 460 g/mol. The minimum Gasteiger partial charge on any atom is -0.497 e. The zero-order valence-electron chi connectivity index (χ0n) is 19.1. The van der Waals surface area contributed by atoms with Crippen LogP contribution < -0.4 is 14.8 Å². The van der Waals surface area contributed by atoms with Crippen molar-refractivity contribution in [1.82, 2.24) is 10.2 Å². The molecule has 0 aliphatic heterocycles. The fourth-order valence-electron chi connectivity index (χ4n) is 3.34. The van der Waals surface area contributed by atoms with Gasteiger partial charge in [0.1, 0.15) is 17.5 Å². The third-order valence-corrected chi connectivity index (χ3v) is 5.29. The van der Waals surface area contributed by atoms with Crippen LogP contribution in [0.2, 0.25) is 5.02 Å².